The number of nitrogens with zero attached hydrogens (tertiary/aromatic N) is 1. The predicted molar refractivity (Wildman–Crippen MR) is 89.9 cm³/mol. The van der Waals surface area contributed by atoms with Crippen LogP contribution in [-0.4, -0.2) is 50.3 Å². The first-order chi connectivity index (χ1) is 10.2. The Morgan fingerprint density at radius 3 is 2.71 bits per heavy atom. The molecule has 2 N–H and O–H groups in total. The lowest BCUT2D eigenvalue weighted by Crippen LogP contribution is -2.40. The molecule has 1 fully saturated rings. The van der Waals surface area contributed by atoms with Gasteiger partial charge in [0.2, 0.25) is 5.91 Å². The summed E-state index contributed by atoms with van der Waals surface area (Å²) in [7, 11) is 2.00. The zero-order valence-electron chi connectivity index (χ0n) is 12.9. The normalized spacial score (nSPS) is 16.9. The van der Waals surface area contributed by atoms with Crippen molar-refractivity contribution in [3.63, 3.8) is 0 Å². The van der Waals surface area contributed by atoms with E-state index in [1.54, 1.807) is 11.8 Å². The summed E-state index contributed by atoms with van der Waals surface area (Å²) in [6.07, 6.45) is 4.38. The maximum atomic E-state index is 12.2. The molecule has 1 aromatic carbocycles. The summed E-state index contributed by atoms with van der Waals surface area (Å²) in [5, 5.41) is 6.27. The zero-order chi connectivity index (χ0) is 15.1. The van der Waals surface area contributed by atoms with Crippen molar-refractivity contribution in [1.29, 1.82) is 0 Å². The van der Waals surface area contributed by atoms with Gasteiger partial charge in [-0.05, 0) is 63.8 Å². The number of amides is 1. The van der Waals surface area contributed by atoms with E-state index < -0.39 is 0 Å². The van der Waals surface area contributed by atoms with Crippen LogP contribution in [0.15, 0.2) is 29.2 Å². The Balaban J connectivity index is 1.80. The van der Waals surface area contributed by atoms with Crippen molar-refractivity contribution in [3.05, 3.63) is 24.3 Å². The highest BCUT2D eigenvalue weighted by Gasteiger charge is 2.20. The Hall–Kier alpha value is -1.04. The van der Waals surface area contributed by atoms with Crippen molar-refractivity contribution in [2.45, 2.75) is 17.7 Å². The minimum atomic E-state index is 0.0866. The van der Waals surface area contributed by atoms with Crippen molar-refractivity contribution in [3.8, 4) is 0 Å². The molecule has 0 aromatic heterocycles. The number of hydrogen-bond donors (Lipinski definition) is 2. The first-order valence-corrected chi connectivity index (χ1v) is 8.75. The third kappa shape index (κ3) is 5.02. The van der Waals surface area contributed by atoms with E-state index in [2.05, 4.69) is 15.5 Å². The summed E-state index contributed by atoms with van der Waals surface area (Å²) in [5.41, 5.74) is 0.917. The monoisotopic (exact) mass is 307 g/mol. The molecule has 21 heavy (non-hydrogen) atoms. The largest absolute Gasteiger partial charge is 0.324 e. The van der Waals surface area contributed by atoms with E-state index in [1.165, 1.54) is 12.8 Å². The summed E-state index contributed by atoms with van der Waals surface area (Å²) in [6.45, 7) is 3.62. The van der Waals surface area contributed by atoms with Crippen molar-refractivity contribution in [2.75, 3.05) is 44.8 Å². The summed E-state index contributed by atoms with van der Waals surface area (Å²) in [5.74, 6) is 0.843. The molecule has 1 amide bonds. The maximum Gasteiger partial charge on any atom is 0.238 e. The molecular formula is C16H25N3OS. The molecule has 0 spiro atoms. The molecule has 1 aromatic rings. The number of para-hydroxylation sites is 1. The quantitative estimate of drug-likeness (QED) is 0.792. The second-order valence-corrected chi connectivity index (χ2v) is 6.37. The molecule has 1 aliphatic rings. The summed E-state index contributed by atoms with van der Waals surface area (Å²) < 4.78 is 0. The Morgan fingerprint density at radius 1 is 1.33 bits per heavy atom. The molecular weight excluding hydrogens is 282 g/mol. The molecule has 1 saturated heterocycles. The molecule has 0 atom stereocenters. The molecule has 0 aliphatic carbocycles. The van der Waals surface area contributed by atoms with Crippen LogP contribution in [0.25, 0.3) is 0 Å². The molecule has 116 valence electrons. The minimum Gasteiger partial charge on any atom is -0.324 e. The van der Waals surface area contributed by atoms with E-state index in [0.29, 0.717) is 6.54 Å². The minimum absolute atomic E-state index is 0.0866. The first kappa shape index (κ1) is 16.3. The van der Waals surface area contributed by atoms with Gasteiger partial charge in [-0.25, -0.2) is 0 Å². The van der Waals surface area contributed by atoms with Gasteiger partial charge in [-0.15, -0.1) is 11.8 Å². The summed E-state index contributed by atoms with van der Waals surface area (Å²) in [4.78, 5) is 15.5. The number of piperidine rings is 1. The van der Waals surface area contributed by atoms with Crippen molar-refractivity contribution >= 4 is 23.4 Å². The molecule has 1 heterocycles. The lowest BCUT2D eigenvalue weighted by molar-refractivity contribution is -0.117. The van der Waals surface area contributed by atoms with Crippen LogP contribution in [0.2, 0.25) is 0 Å². The number of carbonyl (C=O) groups is 1. The fraction of sp³-hybridized carbons (Fsp3) is 0.562. The van der Waals surface area contributed by atoms with E-state index in [-0.39, 0.29) is 5.91 Å². The molecule has 4 nitrogen and oxygen atoms in total. The highest BCUT2D eigenvalue weighted by atomic mass is 32.2. The number of thioether (sulfide) groups is 1. The Kier molecular flexibility index (Phi) is 6.54. The number of hydrogen-bond acceptors (Lipinski definition) is 4. The van der Waals surface area contributed by atoms with E-state index in [1.807, 2.05) is 37.6 Å². The highest BCUT2D eigenvalue weighted by Crippen LogP contribution is 2.24. The van der Waals surface area contributed by atoms with Crippen LogP contribution in [0.4, 0.5) is 5.69 Å². The van der Waals surface area contributed by atoms with Gasteiger partial charge in [-0.3, -0.25) is 9.69 Å². The fourth-order valence-electron chi connectivity index (χ4n) is 2.78. The van der Waals surface area contributed by atoms with Crippen LogP contribution < -0.4 is 10.6 Å². The van der Waals surface area contributed by atoms with Gasteiger partial charge in [0.05, 0.1) is 12.2 Å². The highest BCUT2D eigenvalue weighted by molar-refractivity contribution is 7.98. The fourth-order valence-corrected chi connectivity index (χ4v) is 3.33. The molecule has 5 heteroatoms. The molecule has 1 aliphatic heterocycles. The van der Waals surface area contributed by atoms with Crippen LogP contribution in [0.1, 0.15) is 12.8 Å². The van der Waals surface area contributed by atoms with Crippen LogP contribution in [0.3, 0.4) is 0 Å². The van der Waals surface area contributed by atoms with Gasteiger partial charge in [0.1, 0.15) is 0 Å². The third-order valence-electron chi connectivity index (χ3n) is 3.95. The van der Waals surface area contributed by atoms with Crippen LogP contribution in [-0.2, 0) is 4.79 Å². The van der Waals surface area contributed by atoms with Gasteiger partial charge in [-0.1, -0.05) is 12.1 Å². The predicted octanol–water partition coefficient (Wildman–Crippen LogP) is 2.28. The van der Waals surface area contributed by atoms with Gasteiger partial charge in [-0.2, -0.15) is 0 Å². The van der Waals surface area contributed by atoms with E-state index in [9.17, 15) is 4.79 Å². The van der Waals surface area contributed by atoms with Crippen molar-refractivity contribution in [2.24, 2.45) is 5.92 Å². The van der Waals surface area contributed by atoms with Crippen molar-refractivity contribution < 1.29 is 4.79 Å². The topological polar surface area (TPSA) is 44.4 Å². The second kappa shape index (κ2) is 8.41. The van der Waals surface area contributed by atoms with Gasteiger partial charge in [0.25, 0.3) is 0 Å². The third-order valence-corrected chi connectivity index (χ3v) is 4.74. The number of anilines is 1. The smallest absolute Gasteiger partial charge is 0.238 e. The van der Waals surface area contributed by atoms with Crippen molar-refractivity contribution in [1.82, 2.24) is 10.2 Å². The molecule has 2 rings (SSSR count). The van der Waals surface area contributed by atoms with Gasteiger partial charge >= 0.3 is 0 Å². The SMILES string of the molecule is CNCC1CCN(CC(=O)Nc2ccccc2SC)CC1. The average Bonchev–Trinajstić information content (AvgIpc) is 2.50. The second-order valence-electron chi connectivity index (χ2n) is 5.53. The van der Waals surface area contributed by atoms with Crippen LogP contribution in [0.5, 0.6) is 0 Å². The number of benzene rings is 1. The standard InChI is InChI=1S/C16H25N3OS/c1-17-11-13-7-9-19(10-8-13)12-16(20)18-14-5-3-4-6-15(14)21-2/h3-6,13,17H,7-12H2,1-2H3,(H,18,20). The number of likely N-dealkylation sites (tertiary alicyclic amines) is 1. The van der Waals surface area contributed by atoms with Gasteiger partial charge in [0, 0.05) is 4.90 Å². The zero-order valence-corrected chi connectivity index (χ0v) is 13.7. The Labute approximate surface area is 131 Å². The van der Waals surface area contributed by atoms with Gasteiger partial charge < -0.3 is 10.6 Å². The Bertz CT molecular complexity index is 459. The first-order valence-electron chi connectivity index (χ1n) is 7.52. The lowest BCUT2D eigenvalue weighted by Gasteiger charge is -2.31. The summed E-state index contributed by atoms with van der Waals surface area (Å²) in [6, 6.07) is 7.94. The number of carbonyl (C=O) groups excluding carboxylic acids is 1. The van der Waals surface area contributed by atoms with E-state index in [0.717, 1.165) is 36.1 Å². The Morgan fingerprint density at radius 2 is 2.05 bits per heavy atom. The molecule has 0 unspecified atom stereocenters. The summed E-state index contributed by atoms with van der Waals surface area (Å²) >= 11 is 1.65. The number of rotatable bonds is 6. The number of nitrogens with one attached hydrogen (secondary N) is 2. The molecule has 0 bridgehead atoms. The lowest BCUT2D eigenvalue weighted by atomic mass is 9.97. The van der Waals surface area contributed by atoms with Gasteiger partial charge in [0.15, 0.2) is 0 Å². The van der Waals surface area contributed by atoms with E-state index >= 15 is 0 Å². The van der Waals surface area contributed by atoms with Crippen LogP contribution in [0, 0.1) is 5.92 Å². The molecule has 0 radical (unpaired) electrons. The van der Waals surface area contributed by atoms with Crippen LogP contribution >= 0.6 is 11.8 Å². The van der Waals surface area contributed by atoms with E-state index in [4.69, 9.17) is 0 Å². The molecule has 0 saturated carbocycles. The maximum absolute atomic E-state index is 12.2. The average molecular weight is 307 g/mol.